The Morgan fingerprint density at radius 3 is 2.48 bits per heavy atom. The van der Waals surface area contributed by atoms with Crippen LogP contribution < -0.4 is 10.6 Å². The summed E-state index contributed by atoms with van der Waals surface area (Å²) in [5.74, 6) is -0.550. The number of benzene rings is 2. The number of nitriles is 1. The van der Waals surface area contributed by atoms with Crippen molar-refractivity contribution in [3.05, 3.63) is 59.4 Å². The largest absolute Gasteiger partial charge is 0.381 e. The minimum Gasteiger partial charge on any atom is -0.381 e. The summed E-state index contributed by atoms with van der Waals surface area (Å²) >= 11 is 0. The summed E-state index contributed by atoms with van der Waals surface area (Å²) in [6.45, 7) is 1.86. The molecule has 0 atom stereocenters. The highest BCUT2D eigenvalue weighted by molar-refractivity contribution is 5.88. The molecule has 106 valence electrons. The molecular formula is C16H14FN3O. The summed E-state index contributed by atoms with van der Waals surface area (Å²) < 4.78 is 13.3. The summed E-state index contributed by atoms with van der Waals surface area (Å²) in [6, 6.07) is 13.3. The van der Waals surface area contributed by atoms with Crippen molar-refractivity contribution in [2.45, 2.75) is 13.5 Å². The maximum atomic E-state index is 13.3. The smallest absolute Gasteiger partial charge is 0.221 e. The van der Waals surface area contributed by atoms with Gasteiger partial charge < -0.3 is 10.6 Å². The number of hydrogen-bond acceptors (Lipinski definition) is 3. The van der Waals surface area contributed by atoms with Crippen molar-refractivity contribution < 1.29 is 9.18 Å². The van der Waals surface area contributed by atoms with Crippen LogP contribution in [0.1, 0.15) is 18.1 Å². The van der Waals surface area contributed by atoms with E-state index in [-0.39, 0.29) is 5.91 Å². The summed E-state index contributed by atoms with van der Waals surface area (Å²) in [6.07, 6.45) is 0. The van der Waals surface area contributed by atoms with Gasteiger partial charge in [0.1, 0.15) is 5.82 Å². The molecule has 0 bridgehead atoms. The Morgan fingerprint density at radius 2 is 1.86 bits per heavy atom. The number of nitrogens with zero attached hydrogens (tertiary/aromatic N) is 1. The van der Waals surface area contributed by atoms with Crippen molar-refractivity contribution in [3.8, 4) is 6.07 Å². The van der Waals surface area contributed by atoms with Gasteiger partial charge in [-0.05, 0) is 48.0 Å². The van der Waals surface area contributed by atoms with Gasteiger partial charge in [-0.15, -0.1) is 0 Å². The van der Waals surface area contributed by atoms with Crippen LogP contribution in [0.5, 0.6) is 0 Å². The van der Waals surface area contributed by atoms with E-state index in [2.05, 4.69) is 10.6 Å². The average molecular weight is 283 g/mol. The second kappa shape index (κ2) is 6.53. The van der Waals surface area contributed by atoms with Gasteiger partial charge in [0.15, 0.2) is 0 Å². The van der Waals surface area contributed by atoms with E-state index in [0.717, 1.165) is 5.69 Å². The van der Waals surface area contributed by atoms with E-state index in [9.17, 15) is 9.18 Å². The van der Waals surface area contributed by atoms with Gasteiger partial charge in [-0.1, -0.05) is 0 Å². The fourth-order valence-electron chi connectivity index (χ4n) is 1.90. The minimum absolute atomic E-state index is 0.125. The van der Waals surface area contributed by atoms with Gasteiger partial charge in [-0.2, -0.15) is 5.26 Å². The van der Waals surface area contributed by atoms with Crippen LogP contribution in [0.15, 0.2) is 42.5 Å². The zero-order valence-corrected chi connectivity index (χ0v) is 11.5. The topological polar surface area (TPSA) is 64.9 Å². The number of rotatable bonds is 4. The van der Waals surface area contributed by atoms with Crippen LogP contribution >= 0.6 is 0 Å². The highest BCUT2D eigenvalue weighted by Crippen LogP contribution is 2.15. The molecule has 0 aliphatic heterocycles. The molecule has 0 saturated heterocycles. The zero-order chi connectivity index (χ0) is 15.2. The van der Waals surface area contributed by atoms with Crippen molar-refractivity contribution in [1.82, 2.24) is 0 Å². The fraction of sp³-hybridized carbons (Fsp3) is 0.125. The molecule has 0 aliphatic carbocycles. The molecule has 1 amide bonds. The van der Waals surface area contributed by atoms with Crippen LogP contribution in [0, 0.1) is 17.1 Å². The number of carbonyl (C=O) groups is 1. The molecule has 4 nitrogen and oxygen atoms in total. The predicted octanol–water partition coefficient (Wildman–Crippen LogP) is 3.27. The average Bonchev–Trinajstić information content (AvgIpc) is 2.45. The van der Waals surface area contributed by atoms with E-state index in [1.54, 1.807) is 18.2 Å². The molecule has 0 aromatic heterocycles. The molecule has 2 aromatic carbocycles. The third-order valence-electron chi connectivity index (χ3n) is 2.79. The normalized spacial score (nSPS) is 9.76. The highest BCUT2D eigenvalue weighted by atomic mass is 19.1. The number of amides is 1. The van der Waals surface area contributed by atoms with Gasteiger partial charge in [-0.25, -0.2) is 4.39 Å². The summed E-state index contributed by atoms with van der Waals surface area (Å²) in [5, 5.41) is 14.6. The molecule has 0 spiro atoms. The van der Waals surface area contributed by atoms with E-state index < -0.39 is 5.82 Å². The van der Waals surface area contributed by atoms with Crippen molar-refractivity contribution in [2.75, 3.05) is 10.6 Å². The maximum Gasteiger partial charge on any atom is 0.221 e. The van der Waals surface area contributed by atoms with E-state index in [4.69, 9.17) is 5.26 Å². The quantitative estimate of drug-likeness (QED) is 0.905. The Labute approximate surface area is 122 Å². The predicted molar refractivity (Wildman–Crippen MR) is 79.2 cm³/mol. The molecule has 0 saturated carbocycles. The van der Waals surface area contributed by atoms with E-state index in [1.165, 1.54) is 19.1 Å². The Hall–Kier alpha value is -2.87. The molecule has 5 heteroatoms. The SMILES string of the molecule is CC(=O)Nc1ccc(NCc2cc(F)cc(C#N)c2)cc1. The van der Waals surface area contributed by atoms with E-state index in [1.807, 2.05) is 18.2 Å². The number of hydrogen-bond donors (Lipinski definition) is 2. The lowest BCUT2D eigenvalue weighted by molar-refractivity contribution is -0.114. The summed E-state index contributed by atoms with van der Waals surface area (Å²) in [4.78, 5) is 10.9. The first-order chi connectivity index (χ1) is 10.1. The first-order valence-electron chi connectivity index (χ1n) is 6.38. The van der Waals surface area contributed by atoms with Crippen LogP contribution in [-0.4, -0.2) is 5.91 Å². The van der Waals surface area contributed by atoms with Crippen LogP contribution in [0.4, 0.5) is 15.8 Å². The lowest BCUT2D eigenvalue weighted by Gasteiger charge is -2.08. The Morgan fingerprint density at radius 1 is 1.19 bits per heavy atom. The highest BCUT2D eigenvalue weighted by Gasteiger charge is 2.01. The van der Waals surface area contributed by atoms with Gasteiger partial charge in [0, 0.05) is 24.8 Å². The Bertz CT molecular complexity index is 690. The molecule has 21 heavy (non-hydrogen) atoms. The monoisotopic (exact) mass is 283 g/mol. The summed E-state index contributed by atoms with van der Waals surface area (Å²) in [7, 11) is 0. The lowest BCUT2D eigenvalue weighted by Crippen LogP contribution is -2.05. The number of nitrogens with one attached hydrogen (secondary N) is 2. The van der Waals surface area contributed by atoms with Crippen molar-refractivity contribution in [1.29, 1.82) is 5.26 Å². The molecular weight excluding hydrogens is 269 g/mol. The number of anilines is 2. The first kappa shape index (κ1) is 14.5. The van der Waals surface area contributed by atoms with E-state index in [0.29, 0.717) is 23.4 Å². The lowest BCUT2D eigenvalue weighted by atomic mass is 10.1. The Balaban J connectivity index is 2.01. The fourth-order valence-corrected chi connectivity index (χ4v) is 1.90. The molecule has 2 aromatic rings. The number of carbonyl (C=O) groups excluding carboxylic acids is 1. The third kappa shape index (κ3) is 4.32. The molecule has 0 heterocycles. The molecule has 0 radical (unpaired) electrons. The van der Waals surface area contributed by atoms with Crippen LogP contribution in [0.25, 0.3) is 0 Å². The van der Waals surface area contributed by atoms with Gasteiger partial charge >= 0.3 is 0 Å². The van der Waals surface area contributed by atoms with Crippen molar-refractivity contribution >= 4 is 17.3 Å². The first-order valence-corrected chi connectivity index (χ1v) is 6.38. The van der Waals surface area contributed by atoms with Gasteiger partial charge in [0.05, 0.1) is 11.6 Å². The molecule has 2 N–H and O–H groups in total. The van der Waals surface area contributed by atoms with Crippen LogP contribution in [0.3, 0.4) is 0 Å². The molecule has 0 fully saturated rings. The van der Waals surface area contributed by atoms with Crippen LogP contribution in [-0.2, 0) is 11.3 Å². The van der Waals surface area contributed by atoms with Crippen molar-refractivity contribution in [2.24, 2.45) is 0 Å². The second-order valence-corrected chi connectivity index (χ2v) is 4.57. The standard InChI is InChI=1S/C16H14FN3O/c1-11(21)20-16-4-2-15(3-5-16)19-10-13-6-12(9-18)7-14(17)8-13/h2-8,19H,10H2,1H3,(H,20,21). The number of halogens is 1. The maximum absolute atomic E-state index is 13.3. The zero-order valence-electron chi connectivity index (χ0n) is 11.5. The van der Waals surface area contributed by atoms with Crippen molar-refractivity contribution in [3.63, 3.8) is 0 Å². The minimum atomic E-state index is -0.424. The van der Waals surface area contributed by atoms with Gasteiger partial charge in [0.25, 0.3) is 0 Å². The third-order valence-corrected chi connectivity index (χ3v) is 2.79. The molecule has 0 unspecified atom stereocenters. The Kier molecular flexibility index (Phi) is 4.52. The van der Waals surface area contributed by atoms with E-state index >= 15 is 0 Å². The molecule has 2 rings (SSSR count). The van der Waals surface area contributed by atoms with Crippen LogP contribution in [0.2, 0.25) is 0 Å². The second-order valence-electron chi connectivity index (χ2n) is 4.57. The van der Waals surface area contributed by atoms with Gasteiger partial charge in [0.2, 0.25) is 5.91 Å². The van der Waals surface area contributed by atoms with Gasteiger partial charge in [-0.3, -0.25) is 4.79 Å². The molecule has 0 aliphatic rings. The summed E-state index contributed by atoms with van der Waals surface area (Å²) in [5.41, 5.74) is 2.54.